The highest BCUT2D eigenvalue weighted by atomic mass is 32.2. The monoisotopic (exact) mass is 368 g/mol. The van der Waals surface area contributed by atoms with Crippen molar-refractivity contribution in [3.63, 3.8) is 0 Å². The van der Waals surface area contributed by atoms with Crippen molar-refractivity contribution in [1.82, 2.24) is 10.2 Å². The zero-order valence-electron chi connectivity index (χ0n) is 15.1. The van der Waals surface area contributed by atoms with Crippen LogP contribution in [0.15, 0.2) is 11.3 Å². The molecule has 1 N–H and O–H groups in total. The summed E-state index contributed by atoms with van der Waals surface area (Å²) >= 11 is 1.65. The summed E-state index contributed by atoms with van der Waals surface area (Å²) < 4.78 is 4.81. The molecule has 2 aliphatic rings. The normalized spacial score (nSPS) is 20.6. The van der Waals surface area contributed by atoms with Gasteiger partial charge in [-0.3, -0.25) is 9.59 Å². The first-order chi connectivity index (χ1) is 12.0. The van der Waals surface area contributed by atoms with Crippen molar-refractivity contribution >= 4 is 29.5 Å². The van der Waals surface area contributed by atoms with Crippen molar-refractivity contribution in [2.24, 2.45) is 0 Å². The second-order valence-corrected chi connectivity index (χ2v) is 7.74. The highest BCUT2D eigenvalue weighted by Gasteiger charge is 2.31. The van der Waals surface area contributed by atoms with E-state index in [0.29, 0.717) is 23.4 Å². The number of unbranched alkanes of at least 4 members (excludes halogenated alkanes) is 1. The minimum absolute atomic E-state index is 0.0862. The molecular formula is C18H28N2O4S. The van der Waals surface area contributed by atoms with Gasteiger partial charge in [-0.1, -0.05) is 6.42 Å². The maximum Gasteiger partial charge on any atom is 0.336 e. The first-order valence-corrected chi connectivity index (χ1v) is 10.1. The third kappa shape index (κ3) is 5.76. The molecule has 0 radical (unpaired) electrons. The van der Waals surface area contributed by atoms with E-state index >= 15 is 0 Å². The average Bonchev–Trinajstić information content (AvgIpc) is 3.00. The Bertz CT molecular complexity index is 541. The van der Waals surface area contributed by atoms with Gasteiger partial charge in [-0.05, 0) is 32.1 Å². The van der Waals surface area contributed by atoms with Crippen molar-refractivity contribution in [3.05, 3.63) is 11.3 Å². The van der Waals surface area contributed by atoms with Crippen LogP contribution in [0.2, 0.25) is 0 Å². The lowest BCUT2D eigenvalue weighted by atomic mass is 10.1. The van der Waals surface area contributed by atoms with Crippen molar-refractivity contribution in [2.75, 3.05) is 26.0 Å². The number of hydrogen-bond acceptors (Lipinski definition) is 5. The molecule has 2 rings (SSSR count). The van der Waals surface area contributed by atoms with Gasteiger partial charge in [0, 0.05) is 43.1 Å². The van der Waals surface area contributed by atoms with E-state index in [2.05, 4.69) is 5.32 Å². The molecule has 140 valence electrons. The maximum absolute atomic E-state index is 12.2. The number of thioether (sulfide) groups is 1. The van der Waals surface area contributed by atoms with Crippen LogP contribution in [0.3, 0.4) is 0 Å². The Morgan fingerprint density at radius 2 is 1.92 bits per heavy atom. The van der Waals surface area contributed by atoms with Crippen LogP contribution in [0.4, 0.5) is 0 Å². The number of carbonyl (C=O) groups is 3. The second-order valence-electron chi connectivity index (χ2n) is 6.55. The standard InChI is InChI=1S/C18H28N2O4S/c1-13(21)19-17-14(18(23)24-2)12-25-15(17)8-4-5-9-16(22)20-10-6-3-7-11-20/h15H,3-12H2,1-2H3,(H,19,21). The van der Waals surface area contributed by atoms with E-state index in [1.54, 1.807) is 11.8 Å². The summed E-state index contributed by atoms with van der Waals surface area (Å²) in [6.07, 6.45) is 6.62. The third-order valence-electron chi connectivity index (χ3n) is 4.63. The summed E-state index contributed by atoms with van der Waals surface area (Å²) in [6, 6.07) is 0. The molecule has 0 aliphatic carbocycles. The van der Waals surface area contributed by atoms with Crippen LogP contribution in [-0.4, -0.2) is 53.9 Å². The van der Waals surface area contributed by atoms with E-state index in [4.69, 9.17) is 4.74 Å². The summed E-state index contributed by atoms with van der Waals surface area (Å²) in [5, 5.41) is 2.89. The lowest BCUT2D eigenvalue weighted by Crippen LogP contribution is -2.35. The second kappa shape index (κ2) is 9.85. The lowest BCUT2D eigenvalue weighted by Gasteiger charge is -2.26. The maximum atomic E-state index is 12.2. The van der Waals surface area contributed by atoms with E-state index in [0.717, 1.165) is 45.2 Å². The molecule has 1 saturated heterocycles. The first kappa shape index (κ1) is 19.8. The number of nitrogens with one attached hydrogen (secondary N) is 1. The van der Waals surface area contributed by atoms with E-state index < -0.39 is 0 Å². The van der Waals surface area contributed by atoms with Crippen LogP contribution >= 0.6 is 11.8 Å². The van der Waals surface area contributed by atoms with Gasteiger partial charge < -0.3 is 15.0 Å². The number of methoxy groups -OCH3 is 1. The highest BCUT2D eigenvalue weighted by molar-refractivity contribution is 8.00. The molecule has 0 spiro atoms. The molecule has 1 atom stereocenters. The molecule has 0 bridgehead atoms. The number of carbonyl (C=O) groups excluding carboxylic acids is 3. The number of piperidine rings is 1. The van der Waals surface area contributed by atoms with E-state index in [1.165, 1.54) is 20.5 Å². The van der Waals surface area contributed by atoms with Crippen molar-refractivity contribution in [3.8, 4) is 0 Å². The van der Waals surface area contributed by atoms with Crippen LogP contribution in [0.1, 0.15) is 51.9 Å². The summed E-state index contributed by atoms with van der Waals surface area (Å²) in [4.78, 5) is 37.4. The van der Waals surface area contributed by atoms with Gasteiger partial charge in [-0.2, -0.15) is 0 Å². The SMILES string of the molecule is COC(=O)C1=C(NC(C)=O)C(CCCCC(=O)N2CCCCC2)SC1. The molecule has 2 heterocycles. The van der Waals surface area contributed by atoms with Gasteiger partial charge in [0.05, 0.1) is 12.7 Å². The number of likely N-dealkylation sites (tertiary alicyclic amines) is 1. The van der Waals surface area contributed by atoms with Crippen LogP contribution < -0.4 is 5.32 Å². The third-order valence-corrected chi connectivity index (χ3v) is 5.96. The Morgan fingerprint density at radius 3 is 2.56 bits per heavy atom. The molecule has 25 heavy (non-hydrogen) atoms. The number of esters is 1. The topological polar surface area (TPSA) is 75.7 Å². The minimum atomic E-state index is -0.376. The van der Waals surface area contributed by atoms with Gasteiger partial charge >= 0.3 is 5.97 Å². The summed E-state index contributed by atoms with van der Waals surface area (Å²) in [5.74, 6) is 0.259. The number of hydrogen-bond donors (Lipinski definition) is 1. The number of amides is 2. The van der Waals surface area contributed by atoms with Crippen molar-refractivity contribution in [2.45, 2.75) is 57.1 Å². The van der Waals surface area contributed by atoms with E-state index in [9.17, 15) is 14.4 Å². The van der Waals surface area contributed by atoms with Crippen LogP contribution in [-0.2, 0) is 19.1 Å². The fourth-order valence-electron chi connectivity index (χ4n) is 3.31. The average molecular weight is 368 g/mol. The molecule has 2 aliphatic heterocycles. The fourth-order valence-corrected chi connectivity index (χ4v) is 4.65. The van der Waals surface area contributed by atoms with Crippen LogP contribution in [0.5, 0.6) is 0 Å². The number of nitrogens with zero attached hydrogens (tertiary/aromatic N) is 1. The highest BCUT2D eigenvalue weighted by Crippen LogP contribution is 2.35. The Balaban J connectivity index is 1.80. The Hall–Kier alpha value is -1.50. The largest absolute Gasteiger partial charge is 0.466 e. The quantitative estimate of drug-likeness (QED) is 0.551. The molecule has 1 unspecified atom stereocenters. The summed E-state index contributed by atoms with van der Waals surface area (Å²) in [6.45, 7) is 3.24. The fraction of sp³-hybridized carbons (Fsp3) is 0.722. The van der Waals surface area contributed by atoms with Gasteiger partial charge in [0.2, 0.25) is 11.8 Å². The van der Waals surface area contributed by atoms with Crippen LogP contribution in [0, 0.1) is 0 Å². The Morgan fingerprint density at radius 1 is 1.20 bits per heavy atom. The lowest BCUT2D eigenvalue weighted by molar-refractivity contribution is -0.136. The number of ether oxygens (including phenoxy) is 1. The molecule has 0 aromatic carbocycles. The molecule has 0 aromatic rings. The molecule has 7 heteroatoms. The smallest absolute Gasteiger partial charge is 0.336 e. The van der Waals surface area contributed by atoms with Gasteiger partial charge in [0.1, 0.15) is 0 Å². The molecule has 6 nitrogen and oxygen atoms in total. The molecule has 0 saturated carbocycles. The molecule has 2 amide bonds. The van der Waals surface area contributed by atoms with Gasteiger partial charge in [0.15, 0.2) is 0 Å². The predicted octanol–water partition coefficient (Wildman–Crippen LogP) is 2.24. The number of rotatable bonds is 7. The van der Waals surface area contributed by atoms with E-state index in [-0.39, 0.29) is 23.0 Å². The zero-order valence-corrected chi connectivity index (χ0v) is 16.0. The predicted molar refractivity (Wildman–Crippen MR) is 98.0 cm³/mol. The summed E-state index contributed by atoms with van der Waals surface area (Å²) in [7, 11) is 1.35. The molecular weight excluding hydrogens is 340 g/mol. The van der Waals surface area contributed by atoms with Gasteiger partial charge in [-0.15, -0.1) is 11.8 Å². The molecule has 0 aromatic heterocycles. The first-order valence-electron chi connectivity index (χ1n) is 9.01. The Labute approximate surface area is 153 Å². The van der Waals surface area contributed by atoms with Gasteiger partial charge in [-0.25, -0.2) is 4.79 Å². The van der Waals surface area contributed by atoms with Crippen molar-refractivity contribution < 1.29 is 19.1 Å². The zero-order chi connectivity index (χ0) is 18.2. The van der Waals surface area contributed by atoms with Crippen LogP contribution in [0.25, 0.3) is 0 Å². The summed E-state index contributed by atoms with van der Waals surface area (Å²) in [5.41, 5.74) is 1.24. The van der Waals surface area contributed by atoms with E-state index in [1.807, 2.05) is 4.90 Å². The van der Waals surface area contributed by atoms with Gasteiger partial charge in [0.25, 0.3) is 0 Å². The minimum Gasteiger partial charge on any atom is -0.466 e. The molecule has 1 fully saturated rings. The van der Waals surface area contributed by atoms with Crippen molar-refractivity contribution in [1.29, 1.82) is 0 Å². The Kier molecular flexibility index (Phi) is 7.81.